The van der Waals surface area contributed by atoms with Crippen LogP contribution in [0.25, 0.3) is 0 Å². The lowest BCUT2D eigenvalue weighted by Crippen LogP contribution is -2.31. The number of carbonyl (C=O) groups excluding carboxylic acids is 1. The minimum atomic E-state index is -3.58. The number of nitrogens with two attached hydrogens (primary N) is 1. The Morgan fingerprint density at radius 2 is 2.21 bits per heavy atom. The molecule has 1 amide bonds. The van der Waals surface area contributed by atoms with Crippen LogP contribution in [0.3, 0.4) is 0 Å². The first kappa shape index (κ1) is 14.0. The van der Waals surface area contributed by atoms with Gasteiger partial charge in [0.1, 0.15) is 0 Å². The summed E-state index contributed by atoms with van der Waals surface area (Å²) in [6.07, 6.45) is 0.679. The fourth-order valence-corrected chi connectivity index (χ4v) is 3.48. The molecular formula is C12H17N3O3S. The molecule has 0 atom stereocenters. The third kappa shape index (κ3) is 3.31. The lowest BCUT2D eigenvalue weighted by molar-refractivity contribution is -0.117. The molecule has 1 heterocycles. The summed E-state index contributed by atoms with van der Waals surface area (Å²) >= 11 is 0. The quantitative estimate of drug-likeness (QED) is 0.677. The first-order valence-corrected chi connectivity index (χ1v) is 7.58. The standard InChI is InChI=1S/C12H17N3O3S/c13-12(16)5-7-15-19(17,18)11-3-1-2-9-8-14-6-4-10(9)11/h1-3,14-15H,4-8H2,(H2,13,16). The lowest BCUT2D eigenvalue weighted by Gasteiger charge is -2.20. The number of amides is 1. The van der Waals surface area contributed by atoms with Crippen molar-refractivity contribution >= 4 is 15.9 Å². The van der Waals surface area contributed by atoms with Gasteiger partial charge in [-0.3, -0.25) is 4.79 Å². The van der Waals surface area contributed by atoms with E-state index in [-0.39, 0.29) is 13.0 Å². The molecule has 0 radical (unpaired) electrons. The molecule has 1 aliphatic rings. The average Bonchev–Trinajstić information content (AvgIpc) is 2.37. The van der Waals surface area contributed by atoms with Gasteiger partial charge < -0.3 is 11.1 Å². The maximum atomic E-state index is 12.2. The van der Waals surface area contributed by atoms with Gasteiger partial charge >= 0.3 is 0 Å². The van der Waals surface area contributed by atoms with Gasteiger partial charge in [-0.1, -0.05) is 12.1 Å². The third-order valence-electron chi connectivity index (χ3n) is 3.05. The number of hydrogen-bond acceptors (Lipinski definition) is 4. The normalized spacial score (nSPS) is 14.9. The molecule has 1 aromatic carbocycles. The molecule has 1 aliphatic heterocycles. The van der Waals surface area contributed by atoms with Crippen molar-refractivity contribution in [2.75, 3.05) is 13.1 Å². The van der Waals surface area contributed by atoms with Crippen molar-refractivity contribution in [3.05, 3.63) is 29.3 Å². The summed E-state index contributed by atoms with van der Waals surface area (Å²) in [6.45, 7) is 1.47. The van der Waals surface area contributed by atoms with E-state index in [1.54, 1.807) is 12.1 Å². The molecule has 0 bridgehead atoms. The monoisotopic (exact) mass is 283 g/mol. The molecule has 0 aromatic heterocycles. The van der Waals surface area contributed by atoms with Crippen LogP contribution in [0.1, 0.15) is 17.5 Å². The Bertz CT molecular complexity index is 584. The van der Waals surface area contributed by atoms with Crippen molar-refractivity contribution in [3.8, 4) is 0 Å². The van der Waals surface area contributed by atoms with Crippen molar-refractivity contribution in [2.45, 2.75) is 24.3 Å². The third-order valence-corrected chi connectivity index (χ3v) is 4.60. The Labute approximate surface area is 112 Å². The first-order valence-electron chi connectivity index (χ1n) is 6.10. The number of sulfonamides is 1. The highest BCUT2D eigenvalue weighted by atomic mass is 32.2. The lowest BCUT2D eigenvalue weighted by atomic mass is 10.0. The van der Waals surface area contributed by atoms with E-state index in [1.165, 1.54) is 0 Å². The van der Waals surface area contributed by atoms with Crippen LogP contribution < -0.4 is 15.8 Å². The molecular weight excluding hydrogens is 266 g/mol. The zero-order valence-corrected chi connectivity index (χ0v) is 11.3. The molecule has 7 heteroatoms. The maximum Gasteiger partial charge on any atom is 0.240 e. The Kier molecular flexibility index (Phi) is 4.18. The summed E-state index contributed by atoms with van der Waals surface area (Å²) in [5.74, 6) is -0.526. The molecule has 6 nitrogen and oxygen atoms in total. The van der Waals surface area contributed by atoms with Crippen molar-refractivity contribution in [2.24, 2.45) is 5.73 Å². The second kappa shape index (κ2) is 5.68. The number of nitrogens with one attached hydrogen (secondary N) is 2. The van der Waals surface area contributed by atoms with Crippen LogP contribution in [0.5, 0.6) is 0 Å². The number of rotatable bonds is 5. The van der Waals surface area contributed by atoms with Crippen LogP contribution in [0.15, 0.2) is 23.1 Å². The highest BCUT2D eigenvalue weighted by molar-refractivity contribution is 7.89. The Balaban J connectivity index is 2.23. The predicted molar refractivity (Wildman–Crippen MR) is 70.9 cm³/mol. The average molecular weight is 283 g/mol. The smallest absolute Gasteiger partial charge is 0.240 e. The summed E-state index contributed by atoms with van der Waals surface area (Å²) in [5, 5.41) is 3.20. The maximum absolute atomic E-state index is 12.2. The van der Waals surface area contributed by atoms with Gasteiger partial charge in [-0.2, -0.15) is 0 Å². The fraction of sp³-hybridized carbons (Fsp3) is 0.417. The zero-order valence-electron chi connectivity index (χ0n) is 10.5. The first-order chi connectivity index (χ1) is 9.00. The van der Waals surface area contributed by atoms with Crippen LogP contribution in [-0.2, 0) is 27.8 Å². The van der Waals surface area contributed by atoms with Gasteiger partial charge in [-0.25, -0.2) is 13.1 Å². The summed E-state index contributed by atoms with van der Waals surface area (Å²) in [7, 11) is -3.58. The van der Waals surface area contributed by atoms with E-state index in [4.69, 9.17) is 5.73 Å². The van der Waals surface area contributed by atoms with E-state index in [2.05, 4.69) is 10.0 Å². The van der Waals surface area contributed by atoms with E-state index in [0.29, 0.717) is 17.9 Å². The summed E-state index contributed by atoms with van der Waals surface area (Å²) < 4.78 is 26.8. The molecule has 0 aliphatic carbocycles. The number of fused-ring (bicyclic) bond motifs is 1. The van der Waals surface area contributed by atoms with Crippen LogP contribution >= 0.6 is 0 Å². The van der Waals surface area contributed by atoms with Crippen LogP contribution in [-0.4, -0.2) is 27.4 Å². The second-order valence-electron chi connectivity index (χ2n) is 4.43. The molecule has 4 N–H and O–H groups in total. The SMILES string of the molecule is NC(=O)CCNS(=O)(=O)c1cccc2c1CCNC2. The molecule has 0 saturated carbocycles. The summed E-state index contributed by atoms with van der Waals surface area (Å²) in [4.78, 5) is 10.9. The number of hydrogen-bond donors (Lipinski definition) is 3. The molecule has 2 rings (SSSR count). The highest BCUT2D eigenvalue weighted by Crippen LogP contribution is 2.22. The van der Waals surface area contributed by atoms with E-state index in [9.17, 15) is 13.2 Å². The van der Waals surface area contributed by atoms with E-state index in [0.717, 1.165) is 17.7 Å². The molecule has 104 valence electrons. The Morgan fingerprint density at radius 1 is 1.42 bits per heavy atom. The topological polar surface area (TPSA) is 101 Å². The molecule has 0 saturated heterocycles. The van der Waals surface area contributed by atoms with Gasteiger partial charge in [-0.15, -0.1) is 0 Å². The number of benzene rings is 1. The van der Waals surface area contributed by atoms with Gasteiger partial charge in [0.25, 0.3) is 0 Å². The van der Waals surface area contributed by atoms with E-state index >= 15 is 0 Å². The van der Waals surface area contributed by atoms with Crippen molar-refractivity contribution < 1.29 is 13.2 Å². The fourth-order valence-electron chi connectivity index (χ4n) is 2.14. The minimum absolute atomic E-state index is 0.00416. The summed E-state index contributed by atoms with van der Waals surface area (Å²) in [6, 6.07) is 5.25. The Morgan fingerprint density at radius 3 is 2.95 bits per heavy atom. The highest BCUT2D eigenvalue weighted by Gasteiger charge is 2.21. The zero-order chi connectivity index (χ0) is 13.9. The number of carbonyl (C=O) groups is 1. The Hall–Kier alpha value is -1.44. The largest absolute Gasteiger partial charge is 0.370 e. The summed E-state index contributed by atoms with van der Waals surface area (Å²) in [5.41, 5.74) is 6.85. The van der Waals surface area contributed by atoms with Gasteiger partial charge in [0.2, 0.25) is 15.9 Å². The second-order valence-corrected chi connectivity index (χ2v) is 6.17. The van der Waals surface area contributed by atoms with Gasteiger partial charge in [0.05, 0.1) is 4.90 Å². The van der Waals surface area contributed by atoms with Gasteiger partial charge in [0.15, 0.2) is 0 Å². The van der Waals surface area contributed by atoms with Crippen molar-refractivity contribution in [3.63, 3.8) is 0 Å². The van der Waals surface area contributed by atoms with Crippen molar-refractivity contribution in [1.29, 1.82) is 0 Å². The molecule has 0 fully saturated rings. The molecule has 0 unspecified atom stereocenters. The van der Waals surface area contributed by atoms with Crippen molar-refractivity contribution in [1.82, 2.24) is 10.0 Å². The predicted octanol–water partition coefficient (Wildman–Crippen LogP) is -0.514. The van der Waals surface area contributed by atoms with E-state index in [1.807, 2.05) is 6.07 Å². The van der Waals surface area contributed by atoms with Gasteiger partial charge in [0, 0.05) is 19.5 Å². The minimum Gasteiger partial charge on any atom is -0.370 e. The molecule has 19 heavy (non-hydrogen) atoms. The van der Waals surface area contributed by atoms with Gasteiger partial charge in [-0.05, 0) is 30.2 Å². The molecule has 1 aromatic rings. The van der Waals surface area contributed by atoms with Crippen LogP contribution in [0, 0.1) is 0 Å². The molecule has 0 spiro atoms. The number of primary amides is 1. The van der Waals surface area contributed by atoms with E-state index < -0.39 is 15.9 Å². The van der Waals surface area contributed by atoms with Crippen LogP contribution in [0.4, 0.5) is 0 Å². The van der Waals surface area contributed by atoms with Crippen LogP contribution in [0.2, 0.25) is 0 Å².